The molecule has 1 atom stereocenters. The third-order valence-corrected chi connectivity index (χ3v) is 3.83. The number of carbonyl (C=O) groups excluding carboxylic acids is 1. The minimum Gasteiger partial charge on any atom is -0.496 e. The maximum atomic E-state index is 12.6. The summed E-state index contributed by atoms with van der Waals surface area (Å²) in [5, 5.41) is 0.553. The summed E-state index contributed by atoms with van der Waals surface area (Å²) in [6.45, 7) is 0. The lowest BCUT2D eigenvalue weighted by molar-refractivity contribution is 0.0946. The summed E-state index contributed by atoms with van der Waals surface area (Å²) in [6.07, 6.45) is 0.796. The number of hydrogen-bond acceptors (Lipinski definition) is 2. The van der Waals surface area contributed by atoms with Crippen molar-refractivity contribution in [2.75, 3.05) is 7.11 Å². The number of benzene rings is 2. The van der Waals surface area contributed by atoms with Crippen LogP contribution in [0.5, 0.6) is 5.75 Å². The third-order valence-electron chi connectivity index (χ3n) is 3.60. The minimum atomic E-state index is -0.0661. The maximum absolute atomic E-state index is 12.6. The molecule has 0 spiro atoms. The van der Waals surface area contributed by atoms with E-state index >= 15 is 0 Å². The predicted octanol–water partition coefficient (Wildman–Crippen LogP) is 3.87. The second-order valence-electron chi connectivity index (χ2n) is 4.66. The van der Waals surface area contributed by atoms with Crippen LogP contribution in [0.15, 0.2) is 42.5 Å². The van der Waals surface area contributed by atoms with Gasteiger partial charge in [-0.15, -0.1) is 0 Å². The lowest BCUT2D eigenvalue weighted by Gasteiger charge is -2.29. The van der Waals surface area contributed by atoms with Gasteiger partial charge in [0.25, 0.3) is 0 Å². The van der Waals surface area contributed by atoms with Gasteiger partial charge < -0.3 is 4.74 Å². The first-order valence-electron chi connectivity index (χ1n) is 6.16. The van der Waals surface area contributed by atoms with Crippen molar-refractivity contribution < 1.29 is 9.53 Å². The van der Waals surface area contributed by atoms with E-state index in [-0.39, 0.29) is 11.7 Å². The number of halogens is 1. The molecular weight excluding hydrogens is 260 g/mol. The Morgan fingerprint density at radius 2 is 2.05 bits per heavy atom. The maximum Gasteiger partial charge on any atom is 0.174 e. The number of fused-ring (bicyclic) bond motifs is 1. The molecule has 0 saturated carbocycles. The molecule has 0 N–H and O–H groups in total. The van der Waals surface area contributed by atoms with E-state index in [2.05, 4.69) is 6.07 Å². The molecule has 0 saturated heterocycles. The normalized spacial score (nSPS) is 16.4. The van der Waals surface area contributed by atoms with Crippen molar-refractivity contribution >= 4 is 17.4 Å². The Bertz CT molecular complexity index is 649. The van der Waals surface area contributed by atoms with Crippen LogP contribution < -0.4 is 4.74 Å². The highest BCUT2D eigenvalue weighted by atomic mass is 35.5. The molecule has 1 aliphatic rings. The van der Waals surface area contributed by atoms with Gasteiger partial charge >= 0.3 is 0 Å². The summed E-state index contributed by atoms with van der Waals surface area (Å²) in [5.74, 6) is 0.598. The average molecular weight is 273 g/mol. The summed E-state index contributed by atoms with van der Waals surface area (Å²) < 4.78 is 5.25. The van der Waals surface area contributed by atoms with E-state index in [1.165, 1.54) is 5.56 Å². The van der Waals surface area contributed by atoms with Crippen molar-refractivity contribution in [2.45, 2.75) is 12.3 Å². The molecule has 0 aliphatic heterocycles. The quantitative estimate of drug-likeness (QED) is 0.793. The summed E-state index contributed by atoms with van der Waals surface area (Å²) >= 11 is 5.98. The molecule has 0 radical (unpaired) electrons. The van der Waals surface area contributed by atoms with Gasteiger partial charge in [0.15, 0.2) is 5.78 Å². The first-order chi connectivity index (χ1) is 9.20. The van der Waals surface area contributed by atoms with Crippen LogP contribution in [0.2, 0.25) is 5.02 Å². The molecule has 0 amide bonds. The lowest BCUT2D eigenvalue weighted by atomic mass is 9.74. The van der Waals surface area contributed by atoms with Gasteiger partial charge in [-0.2, -0.15) is 0 Å². The predicted molar refractivity (Wildman–Crippen MR) is 75.2 cm³/mol. The Morgan fingerprint density at radius 3 is 2.79 bits per heavy atom. The summed E-state index contributed by atoms with van der Waals surface area (Å²) in [5.41, 5.74) is 2.94. The molecule has 3 rings (SSSR count). The minimum absolute atomic E-state index is 0.0661. The van der Waals surface area contributed by atoms with Gasteiger partial charge in [-0.3, -0.25) is 4.79 Å². The van der Waals surface area contributed by atoms with E-state index in [1.807, 2.05) is 18.2 Å². The van der Waals surface area contributed by atoms with Crippen molar-refractivity contribution in [1.29, 1.82) is 0 Å². The van der Waals surface area contributed by atoms with E-state index in [9.17, 15) is 4.79 Å². The molecule has 0 fully saturated rings. The van der Waals surface area contributed by atoms with E-state index in [0.717, 1.165) is 12.0 Å². The molecular formula is C16H13ClO2. The van der Waals surface area contributed by atoms with Crippen molar-refractivity contribution in [3.05, 3.63) is 64.2 Å². The standard InChI is InChI=1S/C16H13ClO2/c1-19-15-7-6-11(17)9-14(15)16(18)13-8-10-4-2-3-5-12(10)13/h2-7,9,13H,8H2,1H3. The van der Waals surface area contributed by atoms with Crippen LogP contribution >= 0.6 is 11.6 Å². The molecule has 0 bridgehead atoms. The molecule has 1 unspecified atom stereocenters. The zero-order valence-corrected chi connectivity index (χ0v) is 11.3. The third kappa shape index (κ3) is 2.02. The smallest absolute Gasteiger partial charge is 0.174 e. The Kier molecular flexibility index (Phi) is 3.03. The van der Waals surface area contributed by atoms with Crippen LogP contribution in [0.1, 0.15) is 27.4 Å². The molecule has 2 aromatic carbocycles. The largest absolute Gasteiger partial charge is 0.496 e. The van der Waals surface area contributed by atoms with E-state index in [1.54, 1.807) is 25.3 Å². The molecule has 0 heterocycles. The van der Waals surface area contributed by atoms with Crippen LogP contribution in [-0.4, -0.2) is 12.9 Å². The van der Waals surface area contributed by atoms with Crippen LogP contribution in [0.3, 0.4) is 0 Å². The molecule has 0 aromatic heterocycles. The highest BCUT2D eigenvalue weighted by Crippen LogP contribution is 2.39. The SMILES string of the molecule is COc1ccc(Cl)cc1C(=O)C1Cc2ccccc21. The molecule has 2 aromatic rings. The first kappa shape index (κ1) is 12.2. The van der Waals surface area contributed by atoms with Gasteiger partial charge in [0.1, 0.15) is 5.75 Å². The van der Waals surface area contributed by atoms with Gasteiger partial charge in [-0.1, -0.05) is 35.9 Å². The molecule has 1 aliphatic carbocycles. The monoisotopic (exact) mass is 272 g/mol. The lowest BCUT2D eigenvalue weighted by Crippen LogP contribution is -2.25. The highest BCUT2D eigenvalue weighted by Gasteiger charge is 2.33. The van der Waals surface area contributed by atoms with Gasteiger partial charge in [-0.25, -0.2) is 0 Å². The van der Waals surface area contributed by atoms with Gasteiger partial charge in [0, 0.05) is 5.02 Å². The first-order valence-corrected chi connectivity index (χ1v) is 6.54. The summed E-state index contributed by atoms with van der Waals surface area (Å²) in [4.78, 5) is 12.6. The fourth-order valence-corrected chi connectivity index (χ4v) is 2.73. The summed E-state index contributed by atoms with van der Waals surface area (Å²) in [7, 11) is 1.56. The average Bonchev–Trinajstić information content (AvgIpc) is 2.40. The second-order valence-corrected chi connectivity index (χ2v) is 5.10. The van der Waals surface area contributed by atoms with Crippen LogP contribution in [0, 0.1) is 0 Å². The Balaban J connectivity index is 1.96. The topological polar surface area (TPSA) is 26.3 Å². The van der Waals surface area contributed by atoms with Crippen molar-refractivity contribution in [3.63, 3.8) is 0 Å². The number of ether oxygens (including phenoxy) is 1. The molecule has 19 heavy (non-hydrogen) atoms. The zero-order valence-electron chi connectivity index (χ0n) is 10.5. The molecule has 96 valence electrons. The number of hydrogen-bond donors (Lipinski definition) is 0. The van der Waals surface area contributed by atoms with Gasteiger partial charge in [0.05, 0.1) is 18.6 Å². The fraction of sp³-hybridized carbons (Fsp3) is 0.188. The van der Waals surface area contributed by atoms with Crippen molar-refractivity contribution in [3.8, 4) is 5.75 Å². The van der Waals surface area contributed by atoms with Gasteiger partial charge in [-0.05, 0) is 35.7 Å². The zero-order chi connectivity index (χ0) is 13.4. The van der Waals surface area contributed by atoms with Gasteiger partial charge in [0.2, 0.25) is 0 Å². The van der Waals surface area contributed by atoms with Crippen molar-refractivity contribution in [2.24, 2.45) is 0 Å². The fourth-order valence-electron chi connectivity index (χ4n) is 2.55. The van der Waals surface area contributed by atoms with Crippen LogP contribution in [0.25, 0.3) is 0 Å². The second kappa shape index (κ2) is 4.71. The number of Topliss-reactive ketones (excluding diaryl/α,β-unsaturated/α-hetero) is 1. The summed E-state index contributed by atoms with van der Waals surface area (Å²) in [6, 6.07) is 13.2. The molecule has 3 heteroatoms. The number of rotatable bonds is 3. The Labute approximate surface area is 117 Å². The number of ketones is 1. The molecule has 2 nitrogen and oxygen atoms in total. The Hall–Kier alpha value is -1.80. The van der Waals surface area contributed by atoms with E-state index < -0.39 is 0 Å². The van der Waals surface area contributed by atoms with Crippen molar-refractivity contribution in [1.82, 2.24) is 0 Å². The van der Waals surface area contributed by atoms with E-state index in [0.29, 0.717) is 16.3 Å². The Morgan fingerprint density at radius 1 is 1.26 bits per heavy atom. The highest BCUT2D eigenvalue weighted by molar-refractivity contribution is 6.31. The number of methoxy groups -OCH3 is 1. The van der Waals surface area contributed by atoms with Crippen LogP contribution in [0.4, 0.5) is 0 Å². The van der Waals surface area contributed by atoms with E-state index in [4.69, 9.17) is 16.3 Å². The number of carbonyl (C=O) groups is 1. The van der Waals surface area contributed by atoms with Crippen LogP contribution in [-0.2, 0) is 6.42 Å².